The maximum absolute atomic E-state index is 12.3. The summed E-state index contributed by atoms with van der Waals surface area (Å²) < 4.78 is 5.47. The number of benzene rings is 1. The van der Waals surface area contributed by atoms with Crippen molar-refractivity contribution in [2.75, 3.05) is 26.3 Å². The Kier molecular flexibility index (Phi) is 6.60. The van der Waals surface area contributed by atoms with Crippen LogP contribution in [-0.4, -0.2) is 49.2 Å². The van der Waals surface area contributed by atoms with Crippen LogP contribution in [0.2, 0.25) is 0 Å². The fourth-order valence-corrected chi connectivity index (χ4v) is 3.12. The lowest BCUT2D eigenvalue weighted by molar-refractivity contribution is -0.0178. The molecule has 0 bridgehead atoms. The molecule has 128 valence electrons. The number of amides is 1. The molecule has 1 heterocycles. The molecule has 1 aromatic rings. The summed E-state index contributed by atoms with van der Waals surface area (Å²) in [7, 11) is 0. The fraction of sp³-hybridized carbons (Fsp3) is 0.632. The molecule has 2 atom stereocenters. The van der Waals surface area contributed by atoms with Crippen LogP contribution in [-0.2, 0) is 11.2 Å². The van der Waals surface area contributed by atoms with E-state index in [-0.39, 0.29) is 5.91 Å². The minimum absolute atomic E-state index is 0.00820. The summed E-state index contributed by atoms with van der Waals surface area (Å²) in [5, 5.41) is 3.06. The van der Waals surface area contributed by atoms with Gasteiger partial charge in [0, 0.05) is 30.7 Å². The highest BCUT2D eigenvalue weighted by molar-refractivity contribution is 5.94. The topological polar surface area (TPSA) is 41.6 Å². The third-order valence-electron chi connectivity index (χ3n) is 4.40. The van der Waals surface area contributed by atoms with E-state index < -0.39 is 0 Å². The predicted molar refractivity (Wildman–Crippen MR) is 93.8 cm³/mol. The van der Waals surface area contributed by atoms with Crippen molar-refractivity contribution in [1.82, 2.24) is 10.2 Å². The van der Waals surface area contributed by atoms with Gasteiger partial charge < -0.3 is 10.1 Å². The molecule has 1 aliphatic heterocycles. The van der Waals surface area contributed by atoms with Crippen LogP contribution < -0.4 is 5.32 Å². The van der Waals surface area contributed by atoms with Crippen LogP contribution in [0, 0.1) is 5.92 Å². The second-order valence-electron chi connectivity index (χ2n) is 7.02. The Hall–Kier alpha value is -1.39. The van der Waals surface area contributed by atoms with Gasteiger partial charge in [-0.1, -0.05) is 26.0 Å². The van der Waals surface area contributed by atoms with Gasteiger partial charge >= 0.3 is 0 Å². The second kappa shape index (κ2) is 8.46. The fourth-order valence-electron chi connectivity index (χ4n) is 3.12. The van der Waals surface area contributed by atoms with Gasteiger partial charge in [-0.05, 0) is 43.9 Å². The molecule has 1 aromatic carbocycles. The van der Waals surface area contributed by atoms with Crippen molar-refractivity contribution in [1.29, 1.82) is 0 Å². The van der Waals surface area contributed by atoms with E-state index in [0.717, 1.165) is 31.7 Å². The van der Waals surface area contributed by atoms with E-state index in [2.05, 4.69) is 50.0 Å². The number of rotatable bonds is 6. The zero-order valence-electron chi connectivity index (χ0n) is 14.8. The highest BCUT2D eigenvalue weighted by atomic mass is 16.5. The van der Waals surface area contributed by atoms with Crippen molar-refractivity contribution in [2.45, 2.75) is 46.2 Å². The number of carbonyl (C=O) groups is 1. The Balaban J connectivity index is 1.84. The predicted octanol–water partition coefficient (Wildman–Crippen LogP) is 2.72. The number of nitrogens with one attached hydrogen (secondary N) is 1. The van der Waals surface area contributed by atoms with Gasteiger partial charge in [-0.3, -0.25) is 9.69 Å². The molecule has 2 unspecified atom stereocenters. The Labute approximate surface area is 140 Å². The van der Waals surface area contributed by atoms with Crippen LogP contribution in [0.4, 0.5) is 0 Å². The van der Waals surface area contributed by atoms with Crippen molar-refractivity contribution in [2.24, 2.45) is 5.92 Å². The van der Waals surface area contributed by atoms with Gasteiger partial charge in [0.25, 0.3) is 5.91 Å². The molecule has 1 amide bonds. The first-order chi connectivity index (χ1) is 11.0. The van der Waals surface area contributed by atoms with Crippen molar-refractivity contribution in [3.05, 3.63) is 35.4 Å². The van der Waals surface area contributed by atoms with Crippen LogP contribution >= 0.6 is 0 Å². The summed E-state index contributed by atoms with van der Waals surface area (Å²) in [6, 6.07) is 8.69. The highest BCUT2D eigenvalue weighted by Crippen LogP contribution is 2.12. The maximum atomic E-state index is 12.3. The van der Waals surface area contributed by atoms with Gasteiger partial charge in [0.1, 0.15) is 0 Å². The normalized spacial score (nSPS) is 20.5. The molecule has 1 aliphatic rings. The van der Waals surface area contributed by atoms with E-state index in [1.807, 2.05) is 12.1 Å². The number of morpholine rings is 1. The monoisotopic (exact) mass is 318 g/mol. The maximum Gasteiger partial charge on any atom is 0.251 e. The SMILES string of the molecule is CC(C)Cc1ccc(C(=O)NCC(C)N2CCOCC2C)cc1. The van der Waals surface area contributed by atoms with Gasteiger partial charge in [0.15, 0.2) is 0 Å². The molecule has 1 saturated heterocycles. The third-order valence-corrected chi connectivity index (χ3v) is 4.40. The summed E-state index contributed by atoms with van der Waals surface area (Å²) in [6.45, 7) is 11.9. The van der Waals surface area contributed by atoms with E-state index >= 15 is 0 Å². The molecule has 0 aromatic heterocycles. The lowest BCUT2D eigenvalue weighted by atomic mass is 10.0. The van der Waals surface area contributed by atoms with Crippen molar-refractivity contribution < 1.29 is 9.53 Å². The highest BCUT2D eigenvalue weighted by Gasteiger charge is 2.23. The van der Waals surface area contributed by atoms with E-state index in [4.69, 9.17) is 4.74 Å². The van der Waals surface area contributed by atoms with E-state index in [1.165, 1.54) is 5.56 Å². The van der Waals surface area contributed by atoms with Crippen LogP contribution in [0.1, 0.15) is 43.6 Å². The van der Waals surface area contributed by atoms with E-state index in [1.54, 1.807) is 0 Å². The molecule has 2 rings (SSSR count). The molecule has 1 fully saturated rings. The molecule has 0 spiro atoms. The van der Waals surface area contributed by atoms with Gasteiger partial charge in [0.05, 0.1) is 13.2 Å². The van der Waals surface area contributed by atoms with Gasteiger partial charge in [-0.2, -0.15) is 0 Å². The van der Waals surface area contributed by atoms with Crippen LogP contribution in [0.3, 0.4) is 0 Å². The number of ether oxygens (including phenoxy) is 1. The smallest absolute Gasteiger partial charge is 0.251 e. The molecule has 1 N–H and O–H groups in total. The second-order valence-corrected chi connectivity index (χ2v) is 7.02. The number of nitrogens with zero attached hydrogens (tertiary/aromatic N) is 1. The zero-order valence-corrected chi connectivity index (χ0v) is 14.8. The number of hydrogen-bond acceptors (Lipinski definition) is 3. The third kappa shape index (κ3) is 5.33. The number of hydrogen-bond donors (Lipinski definition) is 1. The van der Waals surface area contributed by atoms with Gasteiger partial charge in [-0.15, -0.1) is 0 Å². The summed E-state index contributed by atoms with van der Waals surface area (Å²) in [6.07, 6.45) is 1.05. The standard InChI is InChI=1S/C19H30N2O2/c1-14(2)11-17-5-7-18(8-6-17)19(22)20-12-15(3)21-9-10-23-13-16(21)4/h5-8,14-16H,9-13H2,1-4H3,(H,20,22). The van der Waals surface area contributed by atoms with Gasteiger partial charge in [-0.25, -0.2) is 0 Å². The lowest BCUT2D eigenvalue weighted by Gasteiger charge is -2.37. The molecule has 4 heteroatoms. The number of carbonyl (C=O) groups excluding carboxylic acids is 1. The average Bonchev–Trinajstić information content (AvgIpc) is 2.53. The van der Waals surface area contributed by atoms with Crippen LogP contribution in [0.5, 0.6) is 0 Å². The Morgan fingerprint density at radius 3 is 2.61 bits per heavy atom. The average molecular weight is 318 g/mol. The first-order valence-corrected chi connectivity index (χ1v) is 8.68. The summed E-state index contributed by atoms with van der Waals surface area (Å²) >= 11 is 0. The van der Waals surface area contributed by atoms with E-state index in [9.17, 15) is 4.79 Å². The quantitative estimate of drug-likeness (QED) is 0.877. The minimum atomic E-state index is 0.00820. The lowest BCUT2D eigenvalue weighted by Crippen LogP contribution is -2.51. The van der Waals surface area contributed by atoms with E-state index in [0.29, 0.717) is 24.5 Å². The molecule has 4 nitrogen and oxygen atoms in total. The van der Waals surface area contributed by atoms with Gasteiger partial charge in [0.2, 0.25) is 0 Å². The molecule has 0 aliphatic carbocycles. The summed E-state index contributed by atoms with van der Waals surface area (Å²) in [4.78, 5) is 14.7. The Morgan fingerprint density at radius 2 is 2.00 bits per heavy atom. The molecular weight excluding hydrogens is 288 g/mol. The first-order valence-electron chi connectivity index (χ1n) is 8.68. The molecule has 0 saturated carbocycles. The van der Waals surface area contributed by atoms with Crippen molar-refractivity contribution >= 4 is 5.91 Å². The summed E-state index contributed by atoms with van der Waals surface area (Å²) in [5.41, 5.74) is 2.02. The minimum Gasteiger partial charge on any atom is -0.379 e. The Morgan fingerprint density at radius 1 is 1.30 bits per heavy atom. The molecule has 0 radical (unpaired) electrons. The molecule has 23 heavy (non-hydrogen) atoms. The largest absolute Gasteiger partial charge is 0.379 e. The van der Waals surface area contributed by atoms with Crippen LogP contribution in [0.15, 0.2) is 24.3 Å². The molecular formula is C19H30N2O2. The Bertz CT molecular complexity index is 499. The first kappa shape index (κ1) is 18.0. The van der Waals surface area contributed by atoms with Crippen molar-refractivity contribution in [3.63, 3.8) is 0 Å². The van der Waals surface area contributed by atoms with Crippen molar-refractivity contribution in [3.8, 4) is 0 Å². The zero-order chi connectivity index (χ0) is 16.8. The summed E-state index contributed by atoms with van der Waals surface area (Å²) in [5.74, 6) is 0.639. The van der Waals surface area contributed by atoms with Crippen LogP contribution in [0.25, 0.3) is 0 Å².